The van der Waals surface area contributed by atoms with E-state index in [2.05, 4.69) is 19.9 Å². The number of aromatic nitrogens is 4. The molecule has 0 radical (unpaired) electrons. The monoisotopic (exact) mass is 420 g/mol. The smallest absolute Gasteiger partial charge is 0.159 e. The highest BCUT2D eigenvalue weighted by Crippen LogP contribution is 2.20. The maximum absolute atomic E-state index is 9.58. The summed E-state index contributed by atoms with van der Waals surface area (Å²) in [5.41, 5.74) is 1.99. The fourth-order valence-corrected chi connectivity index (χ4v) is 2.47. The van der Waals surface area contributed by atoms with Crippen LogP contribution in [0.25, 0.3) is 0 Å². The lowest BCUT2D eigenvalue weighted by Crippen LogP contribution is -2.23. The van der Waals surface area contributed by atoms with Gasteiger partial charge in [-0.05, 0) is 66.5 Å². The highest BCUT2D eigenvalue weighted by Gasteiger charge is 2.22. The summed E-state index contributed by atoms with van der Waals surface area (Å²) in [6, 6.07) is 0. The van der Waals surface area contributed by atoms with Gasteiger partial charge < -0.3 is 19.7 Å². The topological polar surface area (TPSA) is 110 Å². The van der Waals surface area contributed by atoms with Gasteiger partial charge in [0.15, 0.2) is 11.6 Å². The minimum absolute atomic E-state index is 0.0366. The standard InChI is InChI=1S/2C11H18N2O2/c2*1-7(2)15-10(9(4)14)11-12-5-8(3)6-13-11/h2*5-7,9-10,14H,1-4H3/t2*9-,10-/m10/s1. The first-order valence-electron chi connectivity index (χ1n) is 10.2. The molecule has 30 heavy (non-hydrogen) atoms. The van der Waals surface area contributed by atoms with Gasteiger partial charge in [-0.3, -0.25) is 0 Å². The Labute approximate surface area is 179 Å². The number of rotatable bonds is 8. The van der Waals surface area contributed by atoms with Gasteiger partial charge in [-0.25, -0.2) is 19.9 Å². The fraction of sp³-hybridized carbons (Fsp3) is 0.636. The second kappa shape index (κ2) is 12.6. The van der Waals surface area contributed by atoms with Gasteiger partial charge in [-0.15, -0.1) is 0 Å². The molecule has 2 rings (SSSR count). The molecule has 0 aliphatic carbocycles. The number of aliphatic hydroxyl groups is 2. The lowest BCUT2D eigenvalue weighted by molar-refractivity contribution is -0.0649. The van der Waals surface area contributed by atoms with Crippen LogP contribution in [0.15, 0.2) is 24.8 Å². The maximum Gasteiger partial charge on any atom is 0.159 e. The molecule has 4 atom stereocenters. The molecule has 0 aromatic carbocycles. The highest BCUT2D eigenvalue weighted by atomic mass is 16.5. The summed E-state index contributed by atoms with van der Waals surface area (Å²) >= 11 is 0. The van der Waals surface area contributed by atoms with Crippen LogP contribution >= 0.6 is 0 Å². The van der Waals surface area contributed by atoms with Gasteiger partial charge in [0.05, 0.1) is 24.4 Å². The van der Waals surface area contributed by atoms with E-state index >= 15 is 0 Å². The molecule has 168 valence electrons. The molecule has 0 amide bonds. The van der Waals surface area contributed by atoms with Gasteiger partial charge in [-0.2, -0.15) is 0 Å². The minimum Gasteiger partial charge on any atom is -0.390 e. The lowest BCUT2D eigenvalue weighted by atomic mass is 10.2. The van der Waals surface area contributed by atoms with Crippen molar-refractivity contribution < 1.29 is 19.7 Å². The average Bonchev–Trinajstić information content (AvgIpc) is 2.66. The van der Waals surface area contributed by atoms with Crippen molar-refractivity contribution in [3.8, 4) is 0 Å². The van der Waals surface area contributed by atoms with E-state index in [0.717, 1.165) is 11.1 Å². The van der Waals surface area contributed by atoms with E-state index in [4.69, 9.17) is 9.47 Å². The zero-order chi connectivity index (χ0) is 22.8. The van der Waals surface area contributed by atoms with Crippen LogP contribution in [-0.4, -0.2) is 54.6 Å². The van der Waals surface area contributed by atoms with Crippen LogP contribution < -0.4 is 0 Å². The molecule has 2 N–H and O–H groups in total. The van der Waals surface area contributed by atoms with Crippen molar-refractivity contribution >= 4 is 0 Å². The zero-order valence-corrected chi connectivity index (χ0v) is 19.3. The van der Waals surface area contributed by atoms with Crippen LogP contribution in [-0.2, 0) is 9.47 Å². The van der Waals surface area contributed by atoms with Crippen molar-refractivity contribution in [3.63, 3.8) is 0 Å². The van der Waals surface area contributed by atoms with Gasteiger partial charge in [0, 0.05) is 24.8 Å². The molecule has 8 heteroatoms. The van der Waals surface area contributed by atoms with E-state index < -0.39 is 24.4 Å². The van der Waals surface area contributed by atoms with Gasteiger partial charge >= 0.3 is 0 Å². The first-order valence-corrected chi connectivity index (χ1v) is 10.2. The Hall–Kier alpha value is -2.00. The Kier molecular flexibility index (Phi) is 11.0. The molecule has 0 saturated carbocycles. The second-order valence-corrected chi connectivity index (χ2v) is 7.93. The van der Waals surface area contributed by atoms with Crippen LogP contribution in [0.5, 0.6) is 0 Å². The highest BCUT2D eigenvalue weighted by molar-refractivity contribution is 5.05. The Morgan fingerprint density at radius 3 is 1.07 bits per heavy atom. The summed E-state index contributed by atoms with van der Waals surface area (Å²) in [6.07, 6.45) is 4.83. The lowest BCUT2D eigenvalue weighted by Gasteiger charge is -2.21. The zero-order valence-electron chi connectivity index (χ0n) is 19.3. The third-order valence-electron chi connectivity index (χ3n) is 3.82. The Morgan fingerprint density at radius 2 is 0.867 bits per heavy atom. The summed E-state index contributed by atoms with van der Waals surface area (Å²) in [4.78, 5) is 16.6. The van der Waals surface area contributed by atoms with Crippen molar-refractivity contribution in [3.05, 3.63) is 47.6 Å². The van der Waals surface area contributed by atoms with E-state index in [1.165, 1.54) is 0 Å². The first-order chi connectivity index (χ1) is 14.0. The predicted molar refractivity (Wildman–Crippen MR) is 115 cm³/mol. The summed E-state index contributed by atoms with van der Waals surface area (Å²) in [7, 11) is 0. The van der Waals surface area contributed by atoms with Crippen LogP contribution in [0.3, 0.4) is 0 Å². The van der Waals surface area contributed by atoms with Crippen LogP contribution in [0.2, 0.25) is 0 Å². The minimum atomic E-state index is -0.616. The van der Waals surface area contributed by atoms with E-state index in [0.29, 0.717) is 11.6 Å². The molecule has 0 aliphatic rings. The molecular weight excluding hydrogens is 384 g/mol. The molecule has 0 unspecified atom stereocenters. The van der Waals surface area contributed by atoms with Crippen LogP contribution in [0.1, 0.15) is 76.5 Å². The molecule has 0 fully saturated rings. The predicted octanol–water partition coefficient (Wildman–Crippen LogP) is 3.26. The summed E-state index contributed by atoms with van der Waals surface area (Å²) in [5, 5.41) is 19.2. The molecule has 2 aromatic rings. The van der Waals surface area contributed by atoms with Crippen LogP contribution in [0.4, 0.5) is 0 Å². The summed E-state index contributed by atoms with van der Waals surface area (Å²) in [6.45, 7) is 14.9. The molecule has 0 aliphatic heterocycles. The van der Waals surface area contributed by atoms with Crippen molar-refractivity contribution in [2.24, 2.45) is 0 Å². The average molecular weight is 421 g/mol. The number of hydrogen-bond acceptors (Lipinski definition) is 8. The molecular formula is C22H36N4O4. The summed E-state index contributed by atoms with van der Waals surface area (Å²) < 4.78 is 11.1. The SMILES string of the molecule is Cc1cnc([C@@H](OC(C)C)[C@H](C)O)nc1.Cc1cnc([C@H](OC(C)C)[C@@H](C)O)nc1. The van der Waals surface area contributed by atoms with Gasteiger partial charge in [0.2, 0.25) is 0 Å². The largest absolute Gasteiger partial charge is 0.390 e. The van der Waals surface area contributed by atoms with E-state index in [9.17, 15) is 10.2 Å². The number of ether oxygens (including phenoxy) is 2. The fourth-order valence-electron chi connectivity index (χ4n) is 2.47. The maximum atomic E-state index is 9.58. The molecule has 0 spiro atoms. The van der Waals surface area contributed by atoms with Crippen molar-refractivity contribution in [2.45, 2.75) is 92.0 Å². The van der Waals surface area contributed by atoms with Crippen LogP contribution in [0, 0.1) is 13.8 Å². The van der Waals surface area contributed by atoms with Crippen molar-refractivity contribution in [1.29, 1.82) is 0 Å². The number of hydrogen-bond donors (Lipinski definition) is 2. The van der Waals surface area contributed by atoms with E-state index in [1.54, 1.807) is 38.6 Å². The van der Waals surface area contributed by atoms with E-state index in [1.807, 2.05) is 41.5 Å². The molecule has 0 saturated heterocycles. The van der Waals surface area contributed by atoms with Gasteiger partial charge in [0.1, 0.15) is 12.2 Å². The van der Waals surface area contributed by atoms with Gasteiger partial charge in [-0.1, -0.05) is 0 Å². The molecule has 2 aromatic heterocycles. The Balaban J connectivity index is 0.000000300. The molecule has 8 nitrogen and oxygen atoms in total. The van der Waals surface area contributed by atoms with E-state index in [-0.39, 0.29) is 12.2 Å². The molecule has 2 heterocycles. The Morgan fingerprint density at radius 1 is 0.600 bits per heavy atom. The Bertz CT molecular complexity index is 655. The third-order valence-corrected chi connectivity index (χ3v) is 3.82. The van der Waals surface area contributed by atoms with Crippen molar-refractivity contribution in [2.75, 3.05) is 0 Å². The number of aliphatic hydroxyl groups excluding tert-OH is 2. The number of nitrogens with zero attached hydrogens (tertiary/aromatic N) is 4. The number of aryl methyl sites for hydroxylation is 2. The second-order valence-electron chi connectivity index (χ2n) is 7.93. The van der Waals surface area contributed by atoms with Crippen molar-refractivity contribution in [1.82, 2.24) is 19.9 Å². The third kappa shape index (κ3) is 9.21. The quantitative estimate of drug-likeness (QED) is 0.669. The first kappa shape index (κ1) is 26.0. The normalized spacial score (nSPS) is 15.3. The molecule has 0 bridgehead atoms. The summed E-state index contributed by atoms with van der Waals surface area (Å²) in [5.74, 6) is 1.06. The van der Waals surface area contributed by atoms with Gasteiger partial charge in [0.25, 0.3) is 0 Å².